The molecular formula is C12H16ClFN2. The van der Waals surface area contributed by atoms with E-state index in [1.807, 2.05) is 0 Å². The number of nitrogens with one attached hydrogen (secondary N) is 1. The van der Waals surface area contributed by atoms with Gasteiger partial charge in [-0.15, -0.1) is 0 Å². The molecule has 88 valence electrons. The molecule has 1 aliphatic rings. The highest BCUT2D eigenvalue weighted by Gasteiger charge is 2.23. The van der Waals surface area contributed by atoms with Gasteiger partial charge in [-0.1, -0.05) is 36.9 Å². The van der Waals surface area contributed by atoms with E-state index in [1.54, 1.807) is 6.07 Å². The van der Waals surface area contributed by atoms with Gasteiger partial charge in [-0.3, -0.25) is 11.3 Å². The molecular weight excluding hydrogens is 227 g/mol. The number of hydrogen-bond acceptors (Lipinski definition) is 2. The van der Waals surface area contributed by atoms with E-state index < -0.39 is 0 Å². The molecule has 1 aromatic carbocycles. The number of halogens is 2. The van der Waals surface area contributed by atoms with Crippen LogP contribution in [0.5, 0.6) is 0 Å². The van der Waals surface area contributed by atoms with E-state index in [-0.39, 0.29) is 11.9 Å². The first kappa shape index (κ1) is 11.8. The molecule has 1 aromatic rings. The Kier molecular flexibility index (Phi) is 3.79. The average molecular weight is 243 g/mol. The third-order valence-corrected chi connectivity index (χ3v) is 3.66. The summed E-state index contributed by atoms with van der Waals surface area (Å²) < 4.78 is 12.9. The summed E-state index contributed by atoms with van der Waals surface area (Å²) in [7, 11) is 0. The maximum Gasteiger partial charge on any atom is 0.124 e. The third-order valence-electron chi connectivity index (χ3n) is 3.33. The highest BCUT2D eigenvalue weighted by atomic mass is 35.5. The van der Waals surface area contributed by atoms with Crippen LogP contribution >= 0.6 is 11.6 Å². The van der Waals surface area contributed by atoms with Gasteiger partial charge in [-0.05, 0) is 30.0 Å². The summed E-state index contributed by atoms with van der Waals surface area (Å²) in [6, 6.07) is 4.49. The van der Waals surface area contributed by atoms with Crippen molar-refractivity contribution in [3.63, 3.8) is 0 Å². The van der Waals surface area contributed by atoms with Gasteiger partial charge in [0.25, 0.3) is 0 Å². The van der Waals surface area contributed by atoms with Crippen molar-refractivity contribution in [1.29, 1.82) is 0 Å². The SMILES string of the molecule is NNC(CC1CCC1)c1ccc(F)cc1Cl. The fourth-order valence-electron chi connectivity index (χ4n) is 2.13. The van der Waals surface area contributed by atoms with Gasteiger partial charge in [-0.25, -0.2) is 4.39 Å². The van der Waals surface area contributed by atoms with Crippen molar-refractivity contribution >= 4 is 11.6 Å². The average Bonchev–Trinajstić information content (AvgIpc) is 2.18. The number of rotatable bonds is 4. The summed E-state index contributed by atoms with van der Waals surface area (Å²) in [4.78, 5) is 0. The van der Waals surface area contributed by atoms with Gasteiger partial charge in [0.05, 0.1) is 0 Å². The molecule has 0 aromatic heterocycles. The first-order valence-electron chi connectivity index (χ1n) is 5.62. The molecule has 0 aliphatic heterocycles. The molecule has 1 unspecified atom stereocenters. The Morgan fingerprint density at radius 1 is 1.50 bits per heavy atom. The number of hydrazine groups is 1. The van der Waals surface area contributed by atoms with Crippen molar-refractivity contribution in [1.82, 2.24) is 5.43 Å². The molecule has 0 amide bonds. The molecule has 1 atom stereocenters. The summed E-state index contributed by atoms with van der Waals surface area (Å²) >= 11 is 6.01. The molecule has 0 radical (unpaired) electrons. The Hall–Kier alpha value is -0.640. The Balaban J connectivity index is 2.11. The molecule has 0 bridgehead atoms. The van der Waals surface area contributed by atoms with Crippen LogP contribution in [0.3, 0.4) is 0 Å². The van der Waals surface area contributed by atoms with Crippen molar-refractivity contribution in [2.75, 3.05) is 0 Å². The van der Waals surface area contributed by atoms with E-state index in [2.05, 4.69) is 5.43 Å². The van der Waals surface area contributed by atoms with Gasteiger partial charge in [0, 0.05) is 11.1 Å². The molecule has 0 saturated heterocycles. The van der Waals surface area contributed by atoms with Crippen LogP contribution in [-0.2, 0) is 0 Å². The van der Waals surface area contributed by atoms with Crippen LogP contribution in [-0.4, -0.2) is 0 Å². The van der Waals surface area contributed by atoms with Crippen molar-refractivity contribution in [3.8, 4) is 0 Å². The Morgan fingerprint density at radius 2 is 2.25 bits per heavy atom. The van der Waals surface area contributed by atoms with Crippen LogP contribution in [0.1, 0.15) is 37.3 Å². The minimum absolute atomic E-state index is 0.0263. The Bertz CT molecular complexity index is 366. The summed E-state index contributed by atoms with van der Waals surface area (Å²) in [6.45, 7) is 0. The lowest BCUT2D eigenvalue weighted by Gasteiger charge is -2.29. The molecule has 1 fully saturated rings. The summed E-state index contributed by atoms with van der Waals surface area (Å²) in [5, 5.41) is 0.447. The molecule has 16 heavy (non-hydrogen) atoms. The van der Waals surface area contributed by atoms with Crippen molar-refractivity contribution in [2.24, 2.45) is 11.8 Å². The minimum Gasteiger partial charge on any atom is -0.271 e. The smallest absolute Gasteiger partial charge is 0.124 e. The molecule has 0 spiro atoms. The van der Waals surface area contributed by atoms with E-state index >= 15 is 0 Å². The molecule has 0 heterocycles. The highest BCUT2D eigenvalue weighted by molar-refractivity contribution is 6.31. The lowest BCUT2D eigenvalue weighted by molar-refractivity contribution is 0.262. The number of nitrogens with two attached hydrogens (primary N) is 1. The van der Waals surface area contributed by atoms with Crippen LogP contribution in [0.4, 0.5) is 4.39 Å². The fraction of sp³-hybridized carbons (Fsp3) is 0.500. The minimum atomic E-state index is -0.312. The van der Waals surface area contributed by atoms with Crippen molar-refractivity contribution < 1.29 is 4.39 Å². The zero-order valence-electron chi connectivity index (χ0n) is 9.05. The van der Waals surface area contributed by atoms with Gasteiger partial charge in [0.1, 0.15) is 5.82 Å². The van der Waals surface area contributed by atoms with E-state index in [9.17, 15) is 4.39 Å². The van der Waals surface area contributed by atoms with Gasteiger partial charge in [0.2, 0.25) is 0 Å². The topological polar surface area (TPSA) is 38.0 Å². The lowest BCUT2D eigenvalue weighted by atomic mass is 9.80. The maximum absolute atomic E-state index is 12.9. The second-order valence-corrected chi connectivity index (χ2v) is 4.82. The second-order valence-electron chi connectivity index (χ2n) is 4.42. The molecule has 1 saturated carbocycles. The molecule has 2 rings (SSSR count). The lowest BCUT2D eigenvalue weighted by Crippen LogP contribution is -2.31. The Labute approximate surface area is 99.9 Å². The number of benzene rings is 1. The van der Waals surface area contributed by atoms with Crippen LogP contribution in [0.15, 0.2) is 18.2 Å². The zero-order chi connectivity index (χ0) is 11.5. The van der Waals surface area contributed by atoms with E-state index in [4.69, 9.17) is 17.4 Å². The summed E-state index contributed by atoms with van der Waals surface area (Å²) in [6.07, 6.45) is 4.80. The fourth-order valence-corrected chi connectivity index (χ4v) is 2.43. The van der Waals surface area contributed by atoms with E-state index in [1.165, 1.54) is 31.4 Å². The van der Waals surface area contributed by atoms with Gasteiger partial charge in [0.15, 0.2) is 0 Å². The first-order chi connectivity index (χ1) is 7.70. The van der Waals surface area contributed by atoms with Gasteiger partial charge < -0.3 is 0 Å². The van der Waals surface area contributed by atoms with E-state index in [0.29, 0.717) is 5.02 Å². The van der Waals surface area contributed by atoms with Crippen LogP contribution in [0.25, 0.3) is 0 Å². The third kappa shape index (κ3) is 2.54. The largest absolute Gasteiger partial charge is 0.271 e. The van der Waals surface area contributed by atoms with Crippen LogP contribution in [0.2, 0.25) is 5.02 Å². The second kappa shape index (κ2) is 5.13. The monoisotopic (exact) mass is 242 g/mol. The van der Waals surface area contributed by atoms with Crippen molar-refractivity contribution in [2.45, 2.75) is 31.7 Å². The quantitative estimate of drug-likeness (QED) is 0.629. The zero-order valence-corrected chi connectivity index (χ0v) is 9.80. The highest BCUT2D eigenvalue weighted by Crippen LogP contribution is 2.36. The molecule has 2 nitrogen and oxygen atoms in total. The van der Waals surface area contributed by atoms with Crippen molar-refractivity contribution in [3.05, 3.63) is 34.6 Å². The normalized spacial score (nSPS) is 18.2. The van der Waals surface area contributed by atoms with E-state index in [0.717, 1.165) is 17.9 Å². The molecule has 1 aliphatic carbocycles. The Morgan fingerprint density at radius 3 is 2.75 bits per heavy atom. The molecule has 4 heteroatoms. The first-order valence-corrected chi connectivity index (χ1v) is 5.99. The van der Waals surface area contributed by atoms with Crippen LogP contribution < -0.4 is 11.3 Å². The predicted molar refractivity (Wildman–Crippen MR) is 63.4 cm³/mol. The number of hydrogen-bond donors (Lipinski definition) is 2. The standard InChI is InChI=1S/C12H16ClFN2/c13-11-7-9(14)4-5-10(11)12(16-15)6-8-2-1-3-8/h4-5,7-8,12,16H,1-3,6,15H2. The molecule has 3 N–H and O–H groups in total. The van der Waals surface area contributed by atoms with Gasteiger partial charge >= 0.3 is 0 Å². The summed E-state index contributed by atoms with van der Waals surface area (Å²) in [5.74, 6) is 5.95. The maximum atomic E-state index is 12.9. The summed E-state index contributed by atoms with van der Waals surface area (Å²) in [5.41, 5.74) is 3.66. The predicted octanol–water partition coefficient (Wildman–Crippen LogP) is 3.17. The van der Waals surface area contributed by atoms with Crippen LogP contribution in [0, 0.1) is 11.7 Å². The van der Waals surface area contributed by atoms with Gasteiger partial charge in [-0.2, -0.15) is 0 Å².